The van der Waals surface area contributed by atoms with Crippen LogP contribution in [0.15, 0.2) is 67.0 Å². The maximum absolute atomic E-state index is 12.2. The number of nitrogens with zero attached hydrogens (tertiary/aromatic N) is 2. The molecule has 0 aliphatic heterocycles. The first-order valence-corrected chi connectivity index (χ1v) is 7.39. The number of nitrogens with one attached hydrogen (secondary N) is 2. The summed E-state index contributed by atoms with van der Waals surface area (Å²) in [4.78, 5) is 24.2. The summed E-state index contributed by atoms with van der Waals surface area (Å²) < 4.78 is 1.54. The number of hydrogen-bond acceptors (Lipinski definition) is 3. The van der Waals surface area contributed by atoms with Crippen LogP contribution in [0.4, 0.5) is 11.4 Å². The molecule has 2 amide bonds. The van der Waals surface area contributed by atoms with E-state index in [0.717, 1.165) is 11.1 Å². The molecule has 0 bridgehead atoms. The lowest BCUT2D eigenvalue weighted by atomic mass is 10.0. The Hall–Kier alpha value is -3.41. The van der Waals surface area contributed by atoms with Crippen molar-refractivity contribution in [1.82, 2.24) is 9.78 Å². The SMILES string of the molecule is Cn1cc(NC(=O)C(=O)Nc2ccccc2-c2ccccc2)cn1. The van der Waals surface area contributed by atoms with Crippen LogP contribution in [-0.2, 0) is 16.6 Å². The average Bonchev–Trinajstić information content (AvgIpc) is 3.01. The molecule has 120 valence electrons. The molecule has 0 atom stereocenters. The second kappa shape index (κ2) is 6.78. The van der Waals surface area contributed by atoms with Gasteiger partial charge >= 0.3 is 11.8 Å². The van der Waals surface area contributed by atoms with Gasteiger partial charge in [0, 0.05) is 24.5 Å². The van der Waals surface area contributed by atoms with Crippen LogP contribution in [0.25, 0.3) is 11.1 Å². The highest BCUT2D eigenvalue weighted by Crippen LogP contribution is 2.27. The maximum Gasteiger partial charge on any atom is 0.314 e. The quantitative estimate of drug-likeness (QED) is 0.729. The summed E-state index contributed by atoms with van der Waals surface area (Å²) in [6.07, 6.45) is 3.09. The number of anilines is 2. The van der Waals surface area contributed by atoms with Crippen LogP contribution in [0.2, 0.25) is 0 Å². The highest BCUT2D eigenvalue weighted by molar-refractivity contribution is 6.43. The predicted octanol–water partition coefficient (Wildman–Crippen LogP) is 2.66. The van der Waals surface area contributed by atoms with Crippen molar-refractivity contribution >= 4 is 23.2 Å². The van der Waals surface area contributed by atoms with Gasteiger partial charge in [0.25, 0.3) is 0 Å². The molecule has 1 heterocycles. The topological polar surface area (TPSA) is 76.0 Å². The second-order valence-electron chi connectivity index (χ2n) is 5.22. The minimum Gasteiger partial charge on any atom is -0.317 e. The van der Waals surface area contributed by atoms with Crippen LogP contribution in [0.5, 0.6) is 0 Å². The molecule has 24 heavy (non-hydrogen) atoms. The van der Waals surface area contributed by atoms with E-state index in [1.54, 1.807) is 25.4 Å². The fraction of sp³-hybridized carbons (Fsp3) is 0.0556. The molecule has 0 aliphatic rings. The monoisotopic (exact) mass is 320 g/mol. The van der Waals surface area contributed by atoms with Gasteiger partial charge in [-0.2, -0.15) is 5.10 Å². The molecule has 6 nitrogen and oxygen atoms in total. The van der Waals surface area contributed by atoms with Crippen molar-refractivity contribution in [3.05, 3.63) is 67.0 Å². The molecule has 1 aromatic heterocycles. The molecule has 0 saturated carbocycles. The molecular formula is C18H16N4O2. The summed E-state index contributed by atoms with van der Waals surface area (Å²) in [6.45, 7) is 0. The summed E-state index contributed by atoms with van der Waals surface area (Å²) in [6, 6.07) is 17.0. The zero-order chi connectivity index (χ0) is 16.9. The Morgan fingerprint density at radius 2 is 1.58 bits per heavy atom. The van der Waals surface area contributed by atoms with E-state index in [0.29, 0.717) is 11.4 Å². The van der Waals surface area contributed by atoms with Crippen molar-refractivity contribution in [2.45, 2.75) is 0 Å². The minimum absolute atomic E-state index is 0.467. The summed E-state index contributed by atoms with van der Waals surface area (Å²) in [5, 5.41) is 9.10. The Bertz CT molecular complexity index is 871. The molecule has 0 saturated heterocycles. The van der Waals surface area contributed by atoms with E-state index in [-0.39, 0.29) is 0 Å². The van der Waals surface area contributed by atoms with Crippen LogP contribution in [-0.4, -0.2) is 21.6 Å². The third kappa shape index (κ3) is 3.49. The fourth-order valence-electron chi connectivity index (χ4n) is 2.31. The Morgan fingerprint density at radius 1 is 0.917 bits per heavy atom. The number of benzene rings is 2. The van der Waals surface area contributed by atoms with Gasteiger partial charge in [0.1, 0.15) is 0 Å². The highest BCUT2D eigenvalue weighted by Gasteiger charge is 2.16. The number of carbonyl (C=O) groups excluding carboxylic acids is 2. The molecule has 3 rings (SSSR count). The lowest BCUT2D eigenvalue weighted by Crippen LogP contribution is -2.29. The normalized spacial score (nSPS) is 10.2. The smallest absolute Gasteiger partial charge is 0.314 e. The van der Waals surface area contributed by atoms with Crippen molar-refractivity contribution in [2.24, 2.45) is 7.05 Å². The number of para-hydroxylation sites is 1. The zero-order valence-electron chi connectivity index (χ0n) is 13.1. The van der Waals surface area contributed by atoms with Gasteiger partial charge in [-0.15, -0.1) is 0 Å². The molecule has 3 aromatic rings. The van der Waals surface area contributed by atoms with Gasteiger partial charge in [-0.3, -0.25) is 14.3 Å². The van der Waals surface area contributed by atoms with Gasteiger partial charge in [0.05, 0.1) is 11.9 Å². The van der Waals surface area contributed by atoms with Gasteiger partial charge in [-0.05, 0) is 11.6 Å². The van der Waals surface area contributed by atoms with Gasteiger partial charge in [-0.25, -0.2) is 0 Å². The lowest BCUT2D eigenvalue weighted by Gasteiger charge is -2.11. The minimum atomic E-state index is -0.745. The number of carbonyl (C=O) groups is 2. The third-order valence-electron chi connectivity index (χ3n) is 3.43. The summed E-state index contributed by atoms with van der Waals surface area (Å²) in [7, 11) is 1.73. The third-order valence-corrected chi connectivity index (χ3v) is 3.43. The second-order valence-corrected chi connectivity index (χ2v) is 5.22. The molecule has 2 aromatic carbocycles. The van der Waals surface area contributed by atoms with Crippen molar-refractivity contribution in [2.75, 3.05) is 10.6 Å². The number of aromatic nitrogens is 2. The number of aryl methyl sites for hydroxylation is 1. The Labute approximate surface area is 139 Å². The van der Waals surface area contributed by atoms with Crippen molar-refractivity contribution in [1.29, 1.82) is 0 Å². The molecule has 2 N–H and O–H groups in total. The Kier molecular flexibility index (Phi) is 4.38. The van der Waals surface area contributed by atoms with Crippen LogP contribution >= 0.6 is 0 Å². The van der Waals surface area contributed by atoms with E-state index in [2.05, 4.69) is 15.7 Å². The largest absolute Gasteiger partial charge is 0.317 e. The van der Waals surface area contributed by atoms with Crippen LogP contribution in [0.1, 0.15) is 0 Å². The zero-order valence-corrected chi connectivity index (χ0v) is 13.1. The number of rotatable bonds is 3. The number of hydrogen-bond donors (Lipinski definition) is 2. The van der Waals surface area contributed by atoms with Crippen LogP contribution in [0.3, 0.4) is 0 Å². The summed E-state index contributed by atoms with van der Waals surface area (Å²) in [5.41, 5.74) is 2.85. The molecule has 0 aliphatic carbocycles. The molecule has 0 spiro atoms. The summed E-state index contributed by atoms with van der Waals surface area (Å²) in [5.74, 6) is -1.48. The van der Waals surface area contributed by atoms with Crippen LogP contribution in [0, 0.1) is 0 Å². The first-order valence-electron chi connectivity index (χ1n) is 7.39. The Balaban J connectivity index is 1.76. The van der Waals surface area contributed by atoms with Gasteiger partial charge in [0.15, 0.2) is 0 Å². The standard InChI is InChI=1S/C18H16N4O2/c1-22-12-14(11-19-22)20-17(23)18(24)21-16-10-6-5-9-15(16)13-7-3-2-4-8-13/h2-12H,1H3,(H,20,23)(H,21,24). The van der Waals surface area contributed by atoms with E-state index in [1.165, 1.54) is 10.9 Å². The van der Waals surface area contributed by atoms with E-state index in [9.17, 15) is 9.59 Å². The average molecular weight is 320 g/mol. The number of amides is 2. The van der Waals surface area contributed by atoms with Crippen molar-refractivity contribution < 1.29 is 9.59 Å². The molecule has 6 heteroatoms. The van der Waals surface area contributed by atoms with E-state index in [4.69, 9.17) is 0 Å². The summed E-state index contributed by atoms with van der Waals surface area (Å²) >= 11 is 0. The molecule has 0 radical (unpaired) electrons. The predicted molar refractivity (Wildman–Crippen MR) is 92.3 cm³/mol. The first-order chi connectivity index (χ1) is 11.6. The molecular weight excluding hydrogens is 304 g/mol. The molecule has 0 fully saturated rings. The van der Waals surface area contributed by atoms with Crippen molar-refractivity contribution in [3.8, 4) is 11.1 Å². The molecule has 0 unspecified atom stereocenters. The van der Waals surface area contributed by atoms with Gasteiger partial charge in [-0.1, -0.05) is 48.5 Å². The van der Waals surface area contributed by atoms with E-state index < -0.39 is 11.8 Å². The highest BCUT2D eigenvalue weighted by atomic mass is 16.2. The first kappa shape index (κ1) is 15.5. The van der Waals surface area contributed by atoms with Gasteiger partial charge < -0.3 is 10.6 Å². The maximum atomic E-state index is 12.2. The van der Waals surface area contributed by atoms with E-state index >= 15 is 0 Å². The lowest BCUT2D eigenvalue weighted by molar-refractivity contribution is -0.132. The van der Waals surface area contributed by atoms with Crippen LogP contribution < -0.4 is 10.6 Å². The van der Waals surface area contributed by atoms with Gasteiger partial charge in [0.2, 0.25) is 0 Å². The van der Waals surface area contributed by atoms with Crippen molar-refractivity contribution in [3.63, 3.8) is 0 Å². The Morgan fingerprint density at radius 3 is 2.29 bits per heavy atom. The van der Waals surface area contributed by atoms with E-state index in [1.807, 2.05) is 42.5 Å². The fourth-order valence-corrected chi connectivity index (χ4v) is 2.31.